The van der Waals surface area contributed by atoms with E-state index in [1.807, 2.05) is 6.07 Å². The van der Waals surface area contributed by atoms with Crippen molar-refractivity contribution in [2.45, 2.75) is 25.7 Å². The number of urea groups is 1. The van der Waals surface area contributed by atoms with Crippen molar-refractivity contribution in [3.63, 3.8) is 0 Å². The van der Waals surface area contributed by atoms with E-state index in [-0.39, 0.29) is 23.0 Å². The molecule has 6 heteroatoms. The fraction of sp³-hybridized carbons (Fsp3) is 0.588. The highest BCUT2D eigenvalue weighted by atomic mass is 32.2. The lowest BCUT2D eigenvalue weighted by Gasteiger charge is -2.43. The topological polar surface area (TPSA) is 66.5 Å². The van der Waals surface area contributed by atoms with Gasteiger partial charge >= 0.3 is 6.03 Å². The van der Waals surface area contributed by atoms with Crippen molar-refractivity contribution in [1.82, 2.24) is 10.2 Å². The monoisotopic (exact) mass is 336 g/mol. The maximum absolute atomic E-state index is 12.3. The minimum absolute atomic E-state index is 0.0789. The lowest BCUT2D eigenvalue weighted by molar-refractivity contribution is 0.126. The highest BCUT2D eigenvalue weighted by molar-refractivity contribution is 7.91. The molecule has 0 radical (unpaired) electrons. The zero-order valence-corrected chi connectivity index (χ0v) is 14.1. The zero-order valence-electron chi connectivity index (χ0n) is 13.3. The van der Waals surface area contributed by atoms with Crippen LogP contribution in [0.15, 0.2) is 30.3 Å². The molecule has 2 fully saturated rings. The van der Waals surface area contributed by atoms with Crippen LogP contribution in [0.25, 0.3) is 0 Å². The predicted molar refractivity (Wildman–Crippen MR) is 90.1 cm³/mol. The van der Waals surface area contributed by atoms with Crippen LogP contribution in [0.4, 0.5) is 4.79 Å². The third-order valence-corrected chi connectivity index (χ3v) is 6.69. The number of sulfone groups is 1. The molecule has 0 spiro atoms. The summed E-state index contributed by atoms with van der Waals surface area (Å²) in [6, 6.07) is 10.3. The first-order valence-electron chi connectivity index (χ1n) is 8.25. The largest absolute Gasteiger partial charge is 0.337 e. The molecule has 0 bridgehead atoms. The molecule has 1 saturated heterocycles. The van der Waals surface area contributed by atoms with Gasteiger partial charge in [0.05, 0.1) is 11.5 Å². The van der Waals surface area contributed by atoms with Crippen molar-refractivity contribution in [2.24, 2.45) is 5.41 Å². The molecule has 1 saturated carbocycles. The van der Waals surface area contributed by atoms with Gasteiger partial charge in [-0.3, -0.25) is 0 Å². The number of carbonyl (C=O) groups excluding carboxylic acids is 1. The molecule has 1 aromatic carbocycles. The van der Waals surface area contributed by atoms with Crippen molar-refractivity contribution < 1.29 is 13.2 Å². The second-order valence-corrected chi connectivity index (χ2v) is 9.12. The van der Waals surface area contributed by atoms with E-state index in [0.717, 1.165) is 19.3 Å². The minimum Gasteiger partial charge on any atom is -0.337 e. The average molecular weight is 336 g/mol. The molecule has 0 atom stereocenters. The van der Waals surface area contributed by atoms with E-state index in [1.165, 1.54) is 12.0 Å². The molecule has 2 amide bonds. The first-order valence-corrected chi connectivity index (χ1v) is 10.1. The number of nitrogens with one attached hydrogen (secondary N) is 1. The molecule has 1 aliphatic heterocycles. The number of nitrogens with zero attached hydrogens (tertiary/aromatic N) is 1. The summed E-state index contributed by atoms with van der Waals surface area (Å²) in [5.41, 5.74) is 1.48. The Hall–Kier alpha value is -1.56. The van der Waals surface area contributed by atoms with Gasteiger partial charge in [-0.2, -0.15) is 0 Å². The first-order chi connectivity index (χ1) is 11.0. The number of amides is 2. The van der Waals surface area contributed by atoms with Gasteiger partial charge in [-0.1, -0.05) is 36.8 Å². The van der Waals surface area contributed by atoms with Gasteiger partial charge in [-0.05, 0) is 30.2 Å². The Kier molecular flexibility index (Phi) is 4.62. The molecule has 126 valence electrons. The molecule has 1 aliphatic carbocycles. The summed E-state index contributed by atoms with van der Waals surface area (Å²) in [6.07, 6.45) is 4.47. The van der Waals surface area contributed by atoms with Crippen LogP contribution in [0, 0.1) is 5.41 Å². The van der Waals surface area contributed by atoms with E-state index in [0.29, 0.717) is 19.6 Å². The number of hydrogen-bond acceptors (Lipinski definition) is 3. The van der Waals surface area contributed by atoms with E-state index >= 15 is 0 Å². The van der Waals surface area contributed by atoms with Crippen LogP contribution in [0.5, 0.6) is 0 Å². The summed E-state index contributed by atoms with van der Waals surface area (Å²) in [5, 5.41) is 3.03. The van der Waals surface area contributed by atoms with E-state index in [2.05, 4.69) is 29.6 Å². The molecule has 3 rings (SSSR count). The van der Waals surface area contributed by atoms with Crippen molar-refractivity contribution in [3.8, 4) is 0 Å². The van der Waals surface area contributed by atoms with Crippen molar-refractivity contribution in [1.29, 1.82) is 0 Å². The van der Waals surface area contributed by atoms with E-state index in [9.17, 15) is 13.2 Å². The van der Waals surface area contributed by atoms with Crippen molar-refractivity contribution in [2.75, 3.05) is 31.1 Å². The van der Waals surface area contributed by atoms with Crippen LogP contribution in [-0.2, 0) is 16.3 Å². The fourth-order valence-electron chi connectivity index (χ4n) is 3.41. The molecule has 23 heavy (non-hydrogen) atoms. The highest BCUT2D eigenvalue weighted by Gasteiger charge is 2.37. The number of carbonyl (C=O) groups is 1. The van der Waals surface area contributed by atoms with E-state index < -0.39 is 9.84 Å². The summed E-state index contributed by atoms with van der Waals surface area (Å²) in [4.78, 5) is 13.9. The lowest BCUT2D eigenvalue weighted by Crippen LogP contribution is -2.51. The SMILES string of the molecule is O=C(NCC1(Cc2ccccc2)CCC1)N1CCS(=O)(=O)CC1. The van der Waals surface area contributed by atoms with Crippen LogP contribution < -0.4 is 5.32 Å². The van der Waals surface area contributed by atoms with E-state index in [1.54, 1.807) is 4.90 Å². The third-order valence-electron chi connectivity index (χ3n) is 5.08. The zero-order chi connectivity index (χ0) is 16.3. The standard InChI is InChI=1S/C17H24N2O3S/c20-16(19-9-11-23(21,22)12-10-19)18-14-17(7-4-8-17)13-15-5-2-1-3-6-15/h1-3,5-6H,4,7-14H2,(H,18,20). The summed E-state index contributed by atoms with van der Waals surface area (Å²) >= 11 is 0. The fourth-order valence-corrected chi connectivity index (χ4v) is 4.61. The van der Waals surface area contributed by atoms with Gasteiger partial charge in [0.25, 0.3) is 0 Å². The van der Waals surface area contributed by atoms with Gasteiger partial charge in [-0.15, -0.1) is 0 Å². The number of hydrogen-bond donors (Lipinski definition) is 1. The maximum atomic E-state index is 12.3. The quantitative estimate of drug-likeness (QED) is 0.912. The second kappa shape index (κ2) is 6.51. The molecule has 0 aromatic heterocycles. The van der Waals surface area contributed by atoms with Gasteiger partial charge in [0.1, 0.15) is 0 Å². The predicted octanol–water partition coefficient (Wildman–Crippen LogP) is 1.84. The Morgan fingerprint density at radius 2 is 1.78 bits per heavy atom. The Bertz CT molecular complexity index is 640. The van der Waals surface area contributed by atoms with Gasteiger partial charge in [-0.25, -0.2) is 13.2 Å². The molecule has 0 unspecified atom stereocenters. The third kappa shape index (κ3) is 4.05. The maximum Gasteiger partial charge on any atom is 0.317 e. The smallest absolute Gasteiger partial charge is 0.317 e. The van der Waals surface area contributed by atoms with Crippen LogP contribution in [-0.4, -0.2) is 50.5 Å². The minimum atomic E-state index is -2.95. The summed E-state index contributed by atoms with van der Waals surface area (Å²) in [7, 11) is -2.95. The summed E-state index contributed by atoms with van der Waals surface area (Å²) in [6.45, 7) is 1.28. The molecule has 2 aliphatic rings. The Morgan fingerprint density at radius 1 is 1.13 bits per heavy atom. The highest BCUT2D eigenvalue weighted by Crippen LogP contribution is 2.43. The Labute approximate surface area is 138 Å². The van der Waals surface area contributed by atoms with Crippen LogP contribution >= 0.6 is 0 Å². The molecule has 1 N–H and O–H groups in total. The Morgan fingerprint density at radius 3 is 2.35 bits per heavy atom. The van der Waals surface area contributed by atoms with Crippen molar-refractivity contribution in [3.05, 3.63) is 35.9 Å². The number of benzene rings is 1. The van der Waals surface area contributed by atoms with E-state index in [4.69, 9.17) is 0 Å². The van der Waals surface area contributed by atoms with Gasteiger partial charge in [0, 0.05) is 19.6 Å². The number of rotatable bonds is 4. The molecule has 5 nitrogen and oxygen atoms in total. The molecular formula is C17H24N2O3S. The summed E-state index contributed by atoms with van der Waals surface area (Å²) < 4.78 is 22.9. The van der Waals surface area contributed by atoms with Gasteiger partial charge in [0.2, 0.25) is 0 Å². The molecule has 1 heterocycles. The van der Waals surface area contributed by atoms with Crippen LogP contribution in [0.1, 0.15) is 24.8 Å². The van der Waals surface area contributed by atoms with Crippen LogP contribution in [0.3, 0.4) is 0 Å². The van der Waals surface area contributed by atoms with Crippen molar-refractivity contribution >= 4 is 15.9 Å². The molecule has 1 aromatic rings. The molecular weight excluding hydrogens is 312 g/mol. The van der Waals surface area contributed by atoms with Crippen LogP contribution in [0.2, 0.25) is 0 Å². The second-order valence-electron chi connectivity index (χ2n) is 6.81. The lowest BCUT2D eigenvalue weighted by atomic mass is 9.65. The summed E-state index contributed by atoms with van der Waals surface area (Å²) in [5.74, 6) is 0.158. The normalized spacial score (nSPS) is 22.2. The first kappa shape index (κ1) is 16.3. The Balaban J connectivity index is 1.53. The van der Waals surface area contributed by atoms with Gasteiger partial charge in [0.15, 0.2) is 9.84 Å². The average Bonchev–Trinajstić information content (AvgIpc) is 2.50. The van der Waals surface area contributed by atoms with Gasteiger partial charge < -0.3 is 10.2 Å².